The van der Waals surface area contributed by atoms with Crippen molar-refractivity contribution < 1.29 is 37.3 Å². The molecule has 6 aromatic rings. The minimum atomic E-state index is -3.85. The Morgan fingerprint density at radius 1 is 0.600 bits per heavy atom. The number of nitrogens with one attached hydrogen (secondary N) is 3. The van der Waals surface area contributed by atoms with Gasteiger partial charge in [-0.25, -0.2) is 36.7 Å². The molecule has 4 aromatic heterocycles. The summed E-state index contributed by atoms with van der Waals surface area (Å²) in [5, 5.41) is 50.6. The molecule has 0 saturated heterocycles. The van der Waals surface area contributed by atoms with Gasteiger partial charge in [0.25, 0.3) is 0 Å². The number of benzene rings is 2. The topological polar surface area (TPSA) is 263 Å². The van der Waals surface area contributed by atoms with Crippen LogP contribution in [0.15, 0.2) is 107 Å². The number of hydrogen-bond donors (Lipinski definition) is 8. The normalized spacial score (nSPS) is 11.7. The quantitative estimate of drug-likeness (QED) is 0.0738. The van der Waals surface area contributed by atoms with E-state index in [0.717, 1.165) is 0 Å². The van der Waals surface area contributed by atoms with E-state index in [1.54, 1.807) is 126 Å². The summed E-state index contributed by atoms with van der Waals surface area (Å²) in [6.45, 7) is 8.71. The van der Waals surface area contributed by atoms with E-state index >= 15 is 0 Å². The second-order valence-electron chi connectivity index (χ2n) is 14.7. The predicted octanol–water partition coefficient (Wildman–Crippen LogP) is 5.25. The first-order chi connectivity index (χ1) is 28.3. The lowest BCUT2D eigenvalue weighted by Gasteiger charge is -2.21. The van der Waals surface area contributed by atoms with Gasteiger partial charge in [-0.3, -0.25) is 9.97 Å². The average Bonchev–Trinajstić information content (AvgIpc) is 3.21. The molecule has 0 bridgehead atoms. The molecular weight excluding hydrogens is 809 g/mol. The standard InChI is InChI=1S/C23H28N4O4S.C19H20N4O4S/c1-15-22(29)19(14-28)17(12-24-15)13-26-21-10-9-16(11-25-21)18-7-5-6-8-20(18)32(30,31)27-23(2,3)4;1-12-19(25)16(11-24)14(9-21-12)10-23-18-7-6-13(8-22-18)15-4-2-3-5-17(15)28(20,26)27/h5-12,27-29H,13-14H2,1-4H3,(H,25,26);2-9,24-25H,10-11H2,1H3,(H,22,23)(H2,20,26,27). The number of aryl methyl sites for hydroxylation is 2. The summed E-state index contributed by atoms with van der Waals surface area (Å²) in [5.74, 6) is 1.06. The van der Waals surface area contributed by atoms with Gasteiger partial charge in [0, 0.05) is 76.8 Å². The number of aromatic hydroxyl groups is 2. The lowest BCUT2D eigenvalue weighted by atomic mass is 10.1. The van der Waals surface area contributed by atoms with Crippen LogP contribution in [0.3, 0.4) is 0 Å². The molecule has 0 atom stereocenters. The van der Waals surface area contributed by atoms with Crippen molar-refractivity contribution in [2.45, 2.75) is 76.3 Å². The molecule has 16 nitrogen and oxygen atoms in total. The molecule has 18 heteroatoms. The van der Waals surface area contributed by atoms with E-state index < -0.39 is 25.6 Å². The molecule has 9 N–H and O–H groups in total. The molecule has 0 unspecified atom stereocenters. The first-order valence-electron chi connectivity index (χ1n) is 18.5. The lowest BCUT2D eigenvalue weighted by molar-refractivity contribution is 0.273. The maximum atomic E-state index is 12.9. The number of sulfonamides is 2. The van der Waals surface area contributed by atoms with Crippen LogP contribution in [-0.2, 0) is 46.3 Å². The van der Waals surface area contributed by atoms with Crippen molar-refractivity contribution in [3.8, 4) is 33.8 Å². The average molecular weight is 857 g/mol. The van der Waals surface area contributed by atoms with Crippen molar-refractivity contribution in [2.24, 2.45) is 5.14 Å². The van der Waals surface area contributed by atoms with Gasteiger partial charge in [-0.05, 0) is 82.1 Å². The number of aliphatic hydroxyl groups excluding tert-OH is 2. The molecule has 0 spiro atoms. The summed E-state index contributed by atoms with van der Waals surface area (Å²) >= 11 is 0. The highest BCUT2D eigenvalue weighted by Crippen LogP contribution is 2.30. The van der Waals surface area contributed by atoms with Crippen LogP contribution in [0.5, 0.6) is 11.5 Å². The first kappa shape index (κ1) is 45.1. The fourth-order valence-electron chi connectivity index (χ4n) is 6.06. The Kier molecular flexibility index (Phi) is 14.2. The summed E-state index contributed by atoms with van der Waals surface area (Å²) in [6.07, 6.45) is 6.34. The van der Waals surface area contributed by atoms with Gasteiger partial charge in [0.2, 0.25) is 20.0 Å². The van der Waals surface area contributed by atoms with Gasteiger partial charge in [-0.2, -0.15) is 0 Å². The highest BCUT2D eigenvalue weighted by molar-refractivity contribution is 7.89. The first-order valence-corrected chi connectivity index (χ1v) is 21.6. The Morgan fingerprint density at radius 2 is 1.02 bits per heavy atom. The zero-order chi connectivity index (χ0) is 43.8. The van der Waals surface area contributed by atoms with Gasteiger partial charge in [-0.15, -0.1) is 0 Å². The molecule has 4 heterocycles. The number of nitrogens with two attached hydrogens (primary N) is 1. The third kappa shape index (κ3) is 11.2. The number of hydrogen-bond acceptors (Lipinski definition) is 14. The molecule has 316 valence electrons. The Hall–Kier alpha value is -6.02. The molecule has 0 saturated carbocycles. The Balaban J connectivity index is 0.000000230. The monoisotopic (exact) mass is 856 g/mol. The van der Waals surface area contributed by atoms with E-state index in [1.165, 1.54) is 6.07 Å². The molecule has 2 aromatic carbocycles. The van der Waals surface area contributed by atoms with Crippen molar-refractivity contribution in [3.05, 3.63) is 131 Å². The Bertz CT molecular complexity index is 2670. The van der Waals surface area contributed by atoms with Gasteiger partial charge in [0.05, 0.1) is 34.4 Å². The molecular formula is C42H48N8O8S2. The third-order valence-corrected chi connectivity index (χ3v) is 11.8. The van der Waals surface area contributed by atoms with Crippen molar-refractivity contribution in [3.63, 3.8) is 0 Å². The van der Waals surface area contributed by atoms with Gasteiger partial charge in [0.15, 0.2) is 0 Å². The van der Waals surface area contributed by atoms with Gasteiger partial charge >= 0.3 is 0 Å². The van der Waals surface area contributed by atoms with Crippen LogP contribution in [-0.4, -0.2) is 62.7 Å². The molecule has 0 aliphatic carbocycles. The highest BCUT2D eigenvalue weighted by atomic mass is 32.2. The van der Waals surface area contributed by atoms with Crippen LogP contribution < -0.4 is 20.5 Å². The Labute approximate surface area is 349 Å². The molecule has 0 fully saturated rings. The molecule has 0 aliphatic heterocycles. The highest BCUT2D eigenvalue weighted by Gasteiger charge is 2.25. The summed E-state index contributed by atoms with van der Waals surface area (Å²) in [7, 11) is -7.57. The summed E-state index contributed by atoms with van der Waals surface area (Å²) < 4.78 is 52.0. The summed E-state index contributed by atoms with van der Waals surface area (Å²) in [4.78, 5) is 17.1. The summed E-state index contributed by atoms with van der Waals surface area (Å²) in [5.41, 5.74) is 4.74. The fourth-order valence-corrected chi connectivity index (χ4v) is 8.47. The zero-order valence-corrected chi connectivity index (χ0v) is 35.3. The van der Waals surface area contributed by atoms with Crippen LogP contribution in [0.4, 0.5) is 11.6 Å². The number of aromatic nitrogens is 4. The second kappa shape index (κ2) is 18.9. The molecule has 6 rings (SSSR count). The maximum Gasteiger partial charge on any atom is 0.241 e. The van der Waals surface area contributed by atoms with Crippen LogP contribution >= 0.6 is 0 Å². The minimum absolute atomic E-state index is 0.0169. The second-order valence-corrected chi connectivity index (χ2v) is 17.9. The largest absolute Gasteiger partial charge is 0.506 e. The lowest BCUT2D eigenvalue weighted by Crippen LogP contribution is -2.40. The van der Waals surface area contributed by atoms with Crippen molar-refractivity contribution in [1.29, 1.82) is 0 Å². The van der Waals surface area contributed by atoms with Crippen molar-refractivity contribution in [2.75, 3.05) is 10.6 Å². The number of pyridine rings is 4. The molecule has 60 heavy (non-hydrogen) atoms. The minimum Gasteiger partial charge on any atom is -0.506 e. The van der Waals surface area contributed by atoms with Gasteiger partial charge < -0.3 is 31.1 Å². The molecule has 0 amide bonds. The smallest absolute Gasteiger partial charge is 0.241 e. The Morgan fingerprint density at radius 3 is 1.40 bits per heavy atom. The van der Waals surface area contributed by atoms with E-state index in [2.05, 4.69) is 35.3 Å². The van der Waals surface area contributed by atoms with E-state index in [0.29, 0.717) is 80.6 Å². The molecule has 0 aliphatic rings. The maximum absolute atomic E-state index is 12.9. The molecule has 0 radical (unpaired) electrons. The van der Waals surface area contributed by atoms with Crippen LogP contribution in [0.1, 0.15) is 54.4 Å². The van der Waals surface area contributed by atoms with Crippen molar-refractivity contribution >= 4 is 31.7 Å². The van der Waals surface area contributed by atoms with Gasteiger partial charge in [0.1, 0.15) is 23.1 Å². The zero-order valence-electron chi connectivity index (χ0n) is 33.7. The number of anilines is 2. The number of primary sulfonamides is 1. The van der Waals surface area contributed by atoms with Crippen LogP contribution in [0.2, 0.25) is 0 Å². The van der Waals surface area contributed by atoms with Crippen molar-refractivity contribution in [1.82, 2.24) is 24.7 Å². The van der Waals surface area contributed by atoms with E-state index in [-0.39, 0.29) is 34.5 Å². The summed E-state index contributed by atoms with van der Waals surface area (Å²) in [6, 6.07) is 20.2. The fraction of sp³-hybridized carbons (Fsp3) is 0.238. The number of rotatable bonds is 13. The predicted molar refractivity (Wildman–Crippen MR) is 229 cm³/mol. The van der Waals surface area contributed by atoms with E-state index in [1.807, 2.05) is 0 Å². The van der Waals surface area contributed by atoms with Crippen LogP contribution in [0.25, 0.3) is 22.3 Å². The third-order valence-electron chi connectivity index (χ3n) is 9.06. The number of aliphatic hydroxyl groups is 2. The van der Waals surface area contributed by atoms with Crippen LogP contribution in [0, 0.1) is 13.8 Å². The van der Waals surface area contributed by atoms with E-state index in [9.17, 15) is 37.3 Å². The number of nitrogens with zero attached hydrogens (tertiary/aromatic N) is 4. The van der Waals surface area contributed by atoms with Gasteiger partial charge in [-0.1, -0.05) is 36.4 Å². The SMILES string of the molecule is Cc1ncc(CNc2ccc(-c3ccccc3S(=O)(=O)NC(C)(C)C)cn2)c(CO)c1O.Cc1ncc(CNc2ccc(-c3ccccc3S(N)(=O)=O)cn2)c(CO)c1O. The van der Waals surface area contributed by atoms with E-state index in [4.69, 9.17) is 5.14 Å².